The van der Waals surface area contributed by atoms with Crippen LogP contribution in [-0.4, -0.2) is 29.4 Å². The number of carbonyl (C=O) groups is 2. The maximum atomic E-state index is 12.5. The zero-order chi connectivity index (χ0) is 14.4. The van der Waals surface area contributed by atoms with Crippen LogP contribution in [-0.2, 0) is 11.0 Å². The quantitative estimate of drug-likeness (QED) is 0.833. The third-order valence-corrected chi connectivity index (χ3v) is 2.75. The summed E-state index contributed by atoms with van der Waals surface area (Å²) in [6, 6.07) is 2.54. The van der Waals surface area contributed by atoms with Gasteiger partial charge in [0, 0.05) is 0 Å². The summed E-state index contributed by atoms with van der Waals surface area (Å²) in [5, 5.41) is 9.24. The second kappa shape index (κ2) is 4.34. The summed E-state index contributed by atoms with van der Waals surface area (Å²) in [6.07, 6.45) is -5.46. The van der Waals surface area contributed by atoms with Crippen LogP contribution >= 0.6 is 0 Å². The molecule has 1 aliphatic rings. The standard InChI is InChI=1S/C12H10F3NO3/c1-6(17)5-16-9-3-2-7(12(13,14)15)4-8(9)10(18)11(16)19/h2-4,6,17H,5H2,1H3. The molecule has 0 aliphatic carbocycles. The summed E-state index contributed by atoms with van der Waals surface area (Å²) in [7, 11) is 0. The maximum Gasteiger partial charge on any atom is 0.416 e. The normalized spacial score (nSPS) is 16.8. The molecule has 0 saturated carbocycles. The third-order valence-electron chi connectivity index (χ3n) is 2.75. The fraction of sp³-hybridized carbons (Fsp3) is 0.333. The molecule has 19 heavy (non-hydrogen) atoms. The smallest absolute Gasteiger partial charge is 0.392 e. The number of fused-ring (bicyclic) bond motifs is 1. The average molecular weight is 273 g/mol. The van der Waals surface area contributed by atoms with Gasteiger partial charge in [-0.2, -0.15) is 13.2 Å². The lowest BCUT2D eigenvalue weighted by Crippen LogP contribution is -2.35. The molecule has 1 aromatic rings. The fourth-order valence-corrected chi connectivity index (χ4v) is 1.92. The van der Waals surface area contributed by atoms with Crippen LogP contribution in [0.3, 0.4) is 0 Å². The Labute approximate surface area is 106 Å². The van der Waals surface area contributed by atoms with Gasteiger partial charge in [0.15, 0.2) is 0 Å². The van der Waals surface area contributed by atoms with Gasteiger partial charge < -0.3 is 10.0 Å². The number of Topliss-reactive ketones (excluding diaryl/α,β-unsaturated/α-hetero) is 1. The van der Waals surface area contributed by atoms with Gasteiger partial charge in [0.05, 0.1) is 29.5 Å². The molecule has 1 atom stereocenters. The number of carbonyl (C=O) groups excluding carboxylic acids is 2. The second-order valence-electron chi connectivity index (χ2n) is 4.32. The van der Waals surface area contributed by atoms with E-state index in [1.165, 1.54) is 6.92 Å². The summed E-state index contributed by atoms with van der Waals surface area (Å²) in [5.74, 6) is -1.91. The number of aliphatic hydroxyl groups excluding tert-OH is 1. The van der Waals surface area contributed by atoms with Crippen LogP contribution in [0.25, 0.3) is 0 Å². The SMILES string of the molecule is CC(O)CN1C(=O)C(=O)c2cc(C(F)(F)F)ccc21. The van der Waals surface area contributed by atoms with Crippen molar-refractivity contribution in [2.24, 2.45) is 0 Å². The van der Waals surface area contributed by atoms with Crippen molar-refractivity contribution in [3.63, 3.8) is 0 Å². The fourth-order valence-electron chi connectivity index (χ4n) is 1.92. The maximum absolute atomic E-state index is 12.5. The van der Waals surface area contributed by atoms with Crippen LogP contribution < -0.4 is 4.90 Å². The number of ketones is 1. The molecular formula is C12H10F3NO3. The highest BCUT2D eigenvalue weighted by molar-refractivity contribution is 6.52. The predicted octanol–water partition coefficient (Wildman–Crippen LogP) is 1.62. The number of hydrogen-bond donors (Lipinski definition) is 1. The lowest BCUT2D eigenvalue weighted by atomic mass is 10.1. The summed E-state index contributed by atoms with van der Waals surface area (Å²) in [6.45, 7) is 1.28. The first-order valence-electron chi connectivity index (χ1n) is 5.47. The molecule has 4 nitrogen and oxygen atoms in total. The van der Waals surface area contributed by atoms with E-state index in [1.807, 2.05) is 0 Å². The molecule has 0 saturated heterocycles. The van der Waals surface area contributed by atoms with Crippen molar-refractivity contribution in [2.45, 2.75) is 19.2 Å². The first kappa shape index (κ1) is 13.5. The summed E-state index contributed by atoms with van der Waals surface area (Å²) in [5.41, 5.74) is -1.16. The van der Waals surface area contributed by atoms with E-state index in [1.54, 1.807) is 0 Å². The van der Waals surface area contributed by atoms with E-state index in [4.69, 9.17) is 0 Å². The first-order chi connectivity index (χ1) is 8.71. The molecular weight excluding hydrogens is 263 g/mol. The minimum atomic E-state index is -4.57. The van der Waals surface area contributed by atoms with Gasteiger partial charge in [0.25, 0.3) is 11.7 Å². The Balaban J connectivity index is 2.47. The van der Waals surface area contributed by atoms with Crippen LogP contribution in [0, 0.1) is 0 Å². The summed E-state index contributed by atoms with van der Waals surface area (Å²) >= 11 is 0. The van der Waals surface area contributed by atoms with Gasteiger partial charge in [0.2, 0.25) is 0 Å². The van der Waals surface area contributed by atoms with E-state index in [0.29, 0.717) is 6.07 Å². The molecule has 0 bridgehead atoms. The predicted molar refractivity (Wildman–Crippen MR) is 59.8 cm³/mol. The van der Waals surface area contributed by atoms with Crippen molar-refractivity contribution in [3.8, 4) is 0 Å². The van der Waals surface area contributed by atoms with E-state index in [-0.39, 0.29) is 17.8 Å². The zero-order valence-electron chi connectivity index (χ0n) is 9.86. The van der Waals surface area contributed by atoms with Gasteiger partial charge in [-0.15, -0.1) is 0 Å². The van der Waals surface area contributed by atoms with E-state index in [2.05, 4.69) is 0 Å². The monoisotopic (exact) mass is 273 g/mol. The van der Waals surface area contributed by atoms with Crippen LogP contribution in [0.4, 0.5) is 18.9 Å². The van der Waals surface area contributed by atoms with Gasteiger partial charge in [0.1, 0.15) is 0 Å². The summed E-state index contributed by atoms with van der Waals surface area (Å²) < 4.78 is 37.6. The molecule has 0 aromatic heterocycles. The molecule has 102 valence electrons. The molecule has 1 aliphatic heterocycles. The number of β-amino-alcohol motifs (C(OH)–C–C–N with tert-alkyl or cyclic N) is 1. The molecule has 0 fully saturated rings. The Bertz CT molecular complexity index is 552. The first-order valence-corrected chi connectivity index (χ1v) is 5.47. The number of aliphatic hydroxyl groups is 1. The van der Waals surface area contributed by atoms with Crippen LogP contribution in [0.2, 0.25) is 0 Å². The lowest BCUT2D eigenvalue weighted by molar-refractivity contribution is -0.137. The summed E-state index contributed by atoms with van der Waals surface area (Å²) in [4.78, 5) is 24.3. The third kappa shape index (κ3) is 2.33. The van der Waals surface area contributed by atoms with E-state index < -0.39 is 29.5 Å². The number of rotatable bonds is 2. The number of amides is 1. The van der Waals surface area contributed by atoms with E-state index in [0.717, 1.165) is 17.0 Å². The molecule has 1 unspecified atom stereocenters. The Morgan fingerprint density at radius 3 is 2.47 bits per heavy atom. The Kier molecular flexibility index (Phi) is 3.09. The van der Waals surface area contributed by atoms with Crippen molar-refractivity contribution in [2.75, 3.05) is 11.4 Å². The molecule has 7 heteroatoms. The van der Waals surface area contributed by atoms with E-state index in [9.17, 15) is 27.9 Å². The Morgan fingerprint density at radius 2 is 1.95 bits per heavy atom. The molecule has 1 aromatic carbocycles. The van der Waals surface area contributed by atoms with Crippen molar-refractivity contribution in [1.29, 1.82) is 0 Å². The lowest BCUT2D eigenvalue weighted by Gasteiger charge is -2.18. The minimum absolute atomic E-state index is 0.101. The molecule has 1 heterocycles. The number of nitrogens with zero attached hydrogens (tertiary/aromatic N) is 1. The van der Waals surface area contributed by atoms with Gasteiger partial charge in [-0.1, -0.05) is 0 Å². The minimum Gasteiger partial charge on any atom is -0.392 e. The van der Waals surface area contributed by atoms with Crippen LogP contribution in [0.15, 0.2) is 18.2 Å². The number of alkyl halides is 3. The highest BCUT2D eigenvalue weighted by Crippen LogP contribution is 2.36. The highest BCUT2D eigenvalue weighted by Gasteiger charge is 2.39. The molecule has 2 rings (SSSR count). The van der Waals surface area contributed by atoms with E-state index >= 15 is 0 Å². The highest BCUT2D eigenvalue weighted by atomic mass is 19.4. The number of hydrogen-bond acceptors (Lipinski definition) is 3. The van der Waals surface area contributed by atoms with Crippen molar-refractivity contribution >= 4 is 17.4 Å². The Morgan fingerprint density at radius 1 is 1.32 bits per heavy atom. The van der Waals surface area contributed by atoms with Gasteiger partial charge >= 0.3 is 6.18 Å². The molecule has 0 spiro atoms. The van der Waals surface area contributed by atoms with Crippen molar-refractivity contribution in [1.82, 2.24) is 0 Å². The van der Waals surface area contributed by atoms with Gasteiger partial charge in [-0.25, -0.2) is 0 Å². The van der Waals surface area contributed by atoms with Crippen molar-refractivity contribution < 1.29 is 27.9 Å². The topological polar surface area (TPSA) is 57.6 Å². The average Bonchev–Trinajstić information content (AvgIpc) is 2.53. The number of halogens is 3. The van der Waals surface area contributed by atoms with Gasteiger partial charge in [-0.3, -0.25) is 9.59 Å². The van der Waals surface area contributed by atoms with Gasteiger partial charge in [-0.05, 0) is 25.1 Å². The van der Waals surface area contributed by atoms with Crippen LogP contribution in [0.1, 0.15) is 22.8 Å². The molecule has 0 radical (unpaired) electrons. The van der Waals surface area contributed by atoms with Crippen molar-refractivity contribution in [3.05, 3.63) is 29.3 Å². The zero-order valence-corrected chi connectivity index (χ0v) is 9.86. The largest absolute Gasteiger partial charge is 0.416 e. The Hall–Kier alpha value is -1.89. The molecule has 1 N–H and O–H groups in total. The second-order valence-corrected chi connectivity index (χ2v) is 4.32. The number of benzene rings is 1. The van der Waals surface area contributed by atoms with Crippen LogP contribution in [0.5, 0.6) is 0 Å². The molecule has 1 amide bonds. The number of anilines is 1.